The molecule has 0 radical (unpaired) electrons. The number of anilines is 2. The SMILES string of the molecule is CCc1ccc(N)cc1N1CCOCC1. The van der Waals surface area contributed by atoms with Gasteiger partial charge in [-0.3, -0.25) is 0 Å². The van der Waals surface area contributed by atoms with E-state index >= 15 is 0 Å². The largest absolute Gasteiger partial charge is 0.399 e. The highest BCUT2D eigenvalue weighted by Gasteiger charge is 2.13. The molecule has 0 bridgehead atoms. The number of hydrogen-bond donors (Lipinski definition) is 1. The Labute approximate surface area is 90.8 Å². The first-order valence-electron chi connectivity index (χ1n) is 5.52. The fourth-order valence-electron chi connectivity index (χ4n) is 1.98. The van der Waals surface area contributed by atoms with Crippen LogP contribution in [0.4, 0.5) is 11.4 Å². The van der Waals surface area contributed by atoms with Crippen molar-refractivity contribution in [3.63, 3.8) is 0 Å². The molecule has 1 aromatic rings. The lowest BCUT2D eigenvalue weighted by Crippen LogP contribution is -2.36. The van der Waals surface area contributed by atoms with Crippen LogP contribution >= 0.6 is 0 Å². The van der Waals surface area contributed by atoms with Gasteiger partial charge in [0.1, 0.15) is 0 Å². The minimum Gasteiger partial charge on any atom is -0.399 e. The monoisotopic (exact) mass is 206 g/mol. The summed E-state index contributed by atoms with van der Waals surface area (Å²) in [4.78, 5) is 2.36. The normalized spacial score (nSPS) is 16.7. The molecular formula is C12H18N2O. The molecule has 0 atom stereocenters. The average molecular weight is 206 g/mol. The highest BCUT2D eigenvalue weighted by Crippen LogP contribution is 2.24. The Bertz CT molecular complexity index is 332. The number of aryl methyl sites for hydroxylation is 1. The number of nitrogens with two attached hydrogens (primary N) is 1. The molecule has 2 N–H and O–H groups in total. The van der Waals surface area contributed by atoms with Crippen LogP contribution in [-0.4, -0.2) is 26.3 Å². The molecule has 1 heterocycles. The number of benzene rings is 1. The number of rotatable bonds is 2. The third kappa shape index (κ3) is 2.23. The van der Waals surface area contributed by atoms with Gasteiger partial charge >= 0.3 is 0 Å². The molecule has 15 heavy (non-hydrogen) atoms. The number of morpholine rings is 1. The number of nitrogens with zero attached hydrogens (tertiary/aromatic N) is 1. The molecule has 3 nitrogen and oxygen atoms in total. The minimum atomic E-state index is 0.817. The van der Waals surface area contributed by atoms with E-state index < -0.39 is 0 Å². The second-order valence-corrected chi connectivity index (χ2v) is 3.84. The van der Waals surface area contributed by atoms with Gasteiger partial charge in [0.2, 0.25) is 0 Å². The first-order valence-corrected chi connectivity index (χ1v) is 5.52. The fraction of sp³-hybridized carbons (Fsp3) is 0.500. The fourth-order valence-corrected chi connectivity index (χ4v) is 1.98. The Balaban J connectivity index is 2.27. The topological polar surface area (TPSA) is 38.5 Å². The second-order valence-electron chi connectivity index (χ2n) is 3.84. The molecule has 3 heteroatoms. The molecule has 2 rings (SSSR count). The van der Waals surface area contributed by atoms with Gasteiger partial charge in [-0.15, -0.1) is 0 Å². The molecule has 1 aromatic carbocycles. The quantitative estimate of drug-likeness (QED) is 0.748. The Morgan fingerprint density at radius 2 is 2.07 bits per heavy atom. The van der Waals surface area contributed by atoms with Crippen LogP contribution in [-0.2, 0) is 11.2 Å². The van der Waals surface area contributed by atoms with Crippen molar-refractivity contribution in [1.29, 1.82) is 0 Å². The van der Waals surface area contributed by atoms with Crippen LogP contribution in [0.2, 0.25) is 0 Å². The third-order valence-electron chi connectivity index (χ3n) is 2.84. The summed E-state index contributed by atoms with van der Waals surface area (Å²) in [5.74, 6) is 0. The van der Waals surface area contributed by atoms with Crippen molar-refractivity contribution in [1.82, 2.24) is 0 Å². The van der Waals surface area contributed by atoms with Crippen molar-refractivity contribution in [3.05, 3.63) is 23.8 Å². The van der Waals surface area contributed by atoms with E-state index in [4.69, 9.17) is 10.5 Å². The maximum atomic E-state index is 5.83. The number of hydrogen-bond acceptors (Lipinski definition) is 3. The van der Waals surface area contributed by atoms with E-state index in [1.165, 1.54) is 11.3 Å². The van der Waals surface area contributed by atoms with Crippen LogP contribution in [0.5, 0.6) is 0 Å². The van der Waals surface area contributed by atoms with Crippen LogP contribution in [0, 0.1) is 0 Å². The maximum Gasteiger partial charge on any atom is 0.0642 e. The zero-order valence-corrected chi connectivity index (χ0v) is 9.20. The summed E-state index contributed by atoms with van der Waals surface area (Å²) in [6.45, 7) is 5.75. The molecule has 82 valence electrons. The molecule has 0 unspecified atom stereocenters. The van der Waals surface area contributed by atoms with E-state index in [1.807, 2.05) is 6.07 Å². The van der Waals surface area contributed by atoms with Crippen molar-refractivity contribution in [3.8, 4) is 0 Å². The zero-order chi connectivity index (χ0) is 10.7. The lowest BCUT2D eigenvalue weighted by molar-refractivity contribution is 0.122. The van der Waals surface area contributed by atoms with Crippen LogP contribution in [0.25, 0.3) is 0 Å². The van der Waals surface area contributed by atoms with Crippen molar-refractivity contribution in [2.24, 2.45) is 0 Å². The van der Waals surface area contributed by atoms with Gasteiger partial charge < -0.3 is 15.4 Å². The molecule has 0 aromatic heterocycles. The zero-order valence-electron chi connectivity index (χ0n) is 9.20. The lowest BCUT2D eigenvalue weighted by Gasteiger charge is -2.30. The first kappa shape index (κ1) is 10.3. The predicted octanol–water partition coefficient (Wildman–Crippen LogP) is 1.67. The highest BCUT2D eigenvalue weighted by atomic mass is 16.5. The Morgan fingerprint density at radius 3 is 2.73 bits per heavy atom. The smallest absolute Gasteiger partial charge is 0.0642 e. The van der Waals surface area contributed by atoms with E-state index in [9.17, 15) is 0 Å². The van der Waals surface area contributed by atoms with Crippen LogP contribution in [0.1, 0.15) is 12.5 Å². The summed E-state index contributed by atoms with van der Waals surface area (Å²) in [5, 5.41) is 0. The number of nitrogen functional groups attached to an aromatic ring is 1. The van der Waals surface area contributed by atoms with E-state index in [-0.39, 0.29) is 0 Å². The van der Waals surface area contributed by atoms with Crippen LogP contribution in [0.15, 0.2) is 18.2 Å². The van der Waals surface area contributed by atoms with Gasteiger partial charge in [-0.1, -0.05) is 13.0 Å². The van der Waals surface area contributed by atoms with Gasteiger partial charge in [0.05, 0.1) is 13.2 Å². The Kier molecular flexibility index (Phi) is 3.11. The second kappa shape index (κ2) is 4.53. The molecule has 0 saturated carbocycles. The van der Waals surface area contributed by atoms with E-state index in [0.717, 1.165) is 38.4 Å². The molecular weight excluding hydrogens is 188 g/mol. The summed E-state index contributed by atoms with van der Waals surface area (Å²) >= 11 is 0. The maximum absolute atomic E-state index is 5.83. The minimum absolute atomic E-state index is 0.817. The van der Waals surface area contributed by atoms with Crippen molar-refractivity contribution in [2.75, 3.05) is 36.9 Å². The van der Waals surface area contributed by atoms with E-state index in [2.05, 4.69) is 24.0 Å². The summed E-state index contributed by atoms with van der Waals surface area (Å²) in [7, 11) is 0. The molecule has 1 aliphatic heterocycles. The van der Waals surface area contributed by atoms with Crippen molar-refractivity contribution in [2.45, 2.75) is 13.3 Å². The summed E-state index contributed by atoms with van der Waals surface area (Å²) in [5.41, 5.74) is 9.32. The molecule has 0 amide bonds. The Morgan fingerprint density at radius 1 is 1.33 bits per heavy atom. The summed E-state index contributed by atoms with van der Waals surface area (Å²) < 4.78 is 5.35. The molecule has 1 saturated heterocycles. The average Bonchev–Trinajstić information content (AvgIpc) is 2.30. The van der Waals surface area contributed by atoms with E-state index in [1.54, 1.807) is 0 Å². The standard InChI is InChI=1S/C12H18N2O/c1-2-10-3-4-11(13)9-12(10)14-5-7-15-8-6-14/h3-4,9H,2,5-8,13H2,1H3. The molecule has 1 fully saturated rings. The third-order valence-corrected chi connectivity index (χ3v) is 2.84. The first-order chi connectivity index (χ1) is 7.31. The number of ether oxygens (including phenoxy) is 1. The van der Waals surface area contributed by atoms with Gasteiger partial charge in [-0.2, -0.15) is 0 Å². The lowest BCUT2D eigenvalue weighted by atomic mass is 10.1. The van der Waals surface area contributed by atoms with Crippen LogP contribution < -0.4 is 10.6 Å². The molecule has 0 spiro atoms. The van der Waals surface area contributed by atoms with Crippen LogP contribution in [0.3, 0.4) is 0 Å². The molecule has 1 aliphatic rings. The Hall–Kier alpha value is -1.22. The van der Waals surface area contributed by atoms with E-state index in [0.29, 0.717) is 0 Å². The van der Waals surface area contributed by atoms with Gasteiger partial charge in [-0.05, 0) is 24.1 Å². The summed E-state index contributed by atoms with van der Waals surface area (Å²) in [6.07, 6.45) is 1.05. The summed E-state index contributed by atoms with van der Waals surface area (Å²) in [6, 6.07) is 6.17. The van der Waals surface area contributed by atoms with Gasteiger partial charge in [0.25, 0.3) is 0 Å². The van der Waals surface area contributed by atoms with Gasteiger partial charge in [0.15, 0.2) is 0 Å². The van der Waals surface area contributed by atoms with Crippen molar-refractivity contribution < 1.29 is 4.74 Å². The highest BCUT2D eigenvalue weighted by molar-refractivity contribution is 5.61. The van der Waals surface area contributed by atoms with Gasteiger partial charge in [0, 0.05) is 24.5 Å². The van der Waals surface area contributed by atoms with Crippen molar-refractivity contribution >= 4 is 11.4 Å². The molecule has 0 aliphatic carbocycles. The van der Waals surface area contributed by atoms with Gasteiger partial charge in [-0.25, -0.2) is 0 Å². The predicted molar refractivity (Wildman–Crippen MR) is 63.3 cm³/mol.